The van der Waals surface area contributed by atoms with E-state index in [0.29, 0.717) is 6.42 Å². The first kappa shape index (κ1) is 37.5. The summed E-state index contributed by atoms with van der Waals surface area (Å²) in [5.41, 5.74) is 7.62. The molecule has 1 aliphatic rings. The van der Waals surface area contributed by atoms with Gasteiger partial charge in [0.05, 0.1) is 24.8 Å². The van der Waals surface area contributed by atoms with Crippen LogP contribution in [0.3, 0.4) is 0 Å². The Morgan fingerprint density at radius 3 is 2.34 bits per heavy atom. The van der Waals surface area contributed by atoms with Crippen molar-refractivity contribution < 1.29 is 63.5 Å². The van der Waals surface area contributed by atoms with E-state index in [1.54, 1.807) is 0 Å². The Morgan fingerprint density at radius 1 is 0.920 bits per heavy atom. The van der Waals surface area contributed by atoms with Crippen molar-refractivity contribution in [2.45, 2.75) is 50.5 Å². The quantitative estimate of drug-likeness (QED) is 0.0510. The predicted molar refractivity (Wildman–Crippen MR) is 177 cm³/mol. The minimum absolute atomic E-state index is 0.0179. The number of carbonyl (C=O) groups is 2. The third kappa shape index (κ3) is 9.44. The zero-order valence-electron chi connectivity index (χ0n) is 27.6. The molecule has 16 heteroatoms. The van der Waals surface area contributed by atoms with Crippen molar-refractivity contribution in [1.29, 1.82) is 0 Å². The molecule has 50 heavy (non-hydrogen) atoms. The maximum absolute atomic E-state index is 13.1. The molecule has 0 spiro atoms. The number of aliphatic hydroxyl groups is 3. The summed E-state index contributed by atoms with van der Waals surface area (Å²) < 4.78 is 33.4. The van der Waals surface area contributed by atoms with Gasteiger partial charge in [0.25, 0.3) is 0 Å². The van der Waals surface area contributed by atoms with E-state index >= 15 is 0 Å². The Kier molecular flexibility index (Phi) is 13.1. The van der Waals surface area contributed by atoms with Gasteiger partial charge in [0.15, 0.2) is 35.7 Å². The summed E-state index contributed by atoms with van der Waals surface area (Å²) in [7, 11) is 2.75. The summed E-state index contributed by atoms with van der Waals surface area (Å²) in [6, 6.07) is 14.2. The van der Waals surface area contributed by atoms with Gasteiger partial charge in [-0.3, -0.25) is 4.99 Å². The molecule has 3 aromatic rings. The molecule has 16 nitrogen and oxygen atoms in total. The number of aromatic hydroxyl groups is 1. The summed E-state index contributed by atoms with van der Waals surface area (Å²) in [4.78, 5) is 28.4. The van der Waals surface area contributed by atoms with Gasteiger partial charge in [-0.05, 0) is 47.9 Å². The lowest BCUT2D eigenvalue weighted by Crippen LogP contribution is -2.60. The highest BCUT2D eigenvalue weighted by Gasteiger charge is 2.46. The third-order valence-corrected chi connectivity index (χ3v) is 7.75. The predicted octanol–water partition coefficient (Wildman–Crippen LogP) is 1.20. The fourth-order valence-corrected chi connectivity index (χ4v) is 4.89. The number of carboxylic acid groups (broad SMARTS) is 1. The van der Waals surface area contributed by atoms with Crippen molar-refractivity contribution in [2.75, 3.05) is 34.1 Å². The Bertz CT molecular complexity index is 1670. The van der Waals surface area contributed by atoms with Crippen molar-refractivity contribution in [3.63, 3.8) is 0 Å². The number of nitrogens with one attached hydrogen (secondary N) is 1. The Morgan fingerprint density at radius 2 is 1.64 bits per heavy atom. The van der Waals surface area contributed by atoms with E-state index in [1.807, 2.05) is 18.2 Å². The van der Waals surface area contributed by atoms with E-state index in [1.165, 1.54) is 44.0 Å². The molecular weight excluding hydrogens is 658 g/mol. The standard InChI is InChI=1S/C34H41N3O13/c1-4-18-6-5-7-19(12-18)10-11-46-25-15-21(14-24(45-3)27(25)38)32(44)47-16-26-28(39)29(40)30(41)33(50-26)49-22-9-8-20(31(42)43)13-23(22)48-17-37-34(35)36-2/h5-9,12-15,26,28-30,33,38-41H,4,10-11,16-17H2,1-3H3,(H,42,43)(H3,35,36,37)/t26-,28+,29-,30+,33+/m0/s1. The number of hydrogen-bond donors (Lipinski definition) is 7. The molecule has 0 radical (unpaired) electrons. The van der Waals surface area contributed by atoms with Crippen LogP contribution in [-0.2, 0) is 22.3 Å². The number of phenols is 1. The summed E-state index contributed by atoms with van der Waals surface area (Å²) in [6.45, 7) is 1.41. The SMILES string of the molecule is CCc1cccc(CCOc2cc(C(=O)OC[C@@H]3O[C@@H](Oc4ccc(C(=O)O)cc4OCNC(N)=NC)[C@H](O)[C@@H](O)[C@@H]3O)cc(OC)c2O)c1. The van der Waals surface area contributed by atoms with Crippen LogP contribution in [0.1, 0.15) is 38.8 Å². The second-order valence-corrected chi connectivity index (χ2v) is 11.1. The monoisotopic (exact) mass is 699 g/mol. The summed E-state index contributed by atoms with van der Waals surface area (Å²) in [5.74, 6) is -2.66. The molecule has 1 heterocycles. The highest BCUT2D eigenvalue weighted by Crippen LogP contribution is 2.38. The van der Waals surface area contributed by atoms with Gasteiger partial charge in [-0.25, -0.2) is 9.59 Å². The molecule has 1 aliphatic heterocycles. The van der Waals surface area contributed by atoms with E-state index in [9.17, 15) is 35.1 Å². The van der Waals surface area contributed by atoms with Crippen LogP contribution in [0.25, 0.3) is 0 Å². The molecule has 5 atom stereocenters. The van der Waals surface area contributed by atoms with Gasteiger partial charge in [0, 0.05) is 13.5 Å². The fraction of sp³-hybridized carbons (Fsp3) is 0.382. The molecule has 270 valence electrons. The number of guanidine groups is 1. The van der Waals surface area contributed by atoms with Crippen molar-refractivity contribution in [3.8, 4) is 28.7 Å². The summed E-state index contributed by atoms with van der Waals surface area (Å²) >= 11 is 0. The largest absolute Gasteiger partial charge is 0.502 e. The van der Waals surface area contributed by atoms with Gasteiger partial charge in [0.2, 0.25) is 12.0 Å². The molecule has 3 aromatic carbocycles. The number of ether oxygens (including phenoxy) is 6. The number of methoxy groups -OCH3 is 1. The number of benzene rings is 3. The second-order valence-electron chi connectivity index (χ2n) is 11.1. The van der Waals surface area contributed by atoms with Crippen LogP contribution in [0.2, 0.25) is 0 Å². The van der Waals surface area contributed by atoms with Crippen molar-refractivity contribution >= 4 is 17.9 Å². The lowest BCUT2D eigenvalue weighted by molar-refractivity contribution is -0.277. The zero-order chi connectivity index (χ0) is 36.4. The van der Waals surface area contributed by atoms with Crippen molar-refractivity contribution in [2.24, 2.45) is 10.7 Å². The smallest absolute Gasteiger partial charge is 0.338 e. The number of nitrogens with two attached hydrogens (primary N) is 1. The van der Waals surface area contributed by atoms with Gasteiger partial charge in [0.1, 0.15) is 31.0 Å². The second kappa shape index (κ2) is 17.4. The Hall–Kier alpha value is -5.29. The zero-order valence-corrected chi connectivity index (χ0v) is 27.6. The molecule has 1 fully saturated rings. The van der Waals surface area contributed by atoms with E-state index in [2.05, 4.69) is 23.3 Å². The number of phenolic OH excluding ortho intramolecular Hbond substituents is 1. The van der Waals surface area contributed by atoms with Gasteiger partial charge in [-0.2, -0.15) is 0 Å². The van der Waals surface area contributed by atoms with Gasteiger partial charge >= 0.3 is 11.9 Å². The number of aliphatic hydroxyl groups excluding tert-OH is 3. The lowest BCUT2D eigenvalue weighted by Gasteiger charge is -2.40. The normalized spacial score (nSPS) is 20.4. The molecule has 8 N–H and O–H groups in total. The lowest BCUT2D eigenvalue weighted by atomic mass is 9.99. The van der Waals surface area contributed by atoms with E-state index in [-0.39, 0.29) is 59.2 Å². The topological polar surface area (TPSA) is 241 Å². The molecule has 0 unspecified atom stereocenters. The molecule has 0 aromatic heterocycles. The number of carboxylic acids is 1. The van der Waals surface area contributed by atoms with Crippen LogP contribution in [0.15, 0.2) is 59.6 Å². The fourth-order valence-electron chi connectivity index (χ4n) is 4.89. The van der Waals surface area contributed by atoms with Crippen molar-refractivity contribution in [1.82, 2.24) is 5.32 Å². The molecule has 4 rings (SSSR count). The van der Waals surface area contributed by atoms with E-state index in [4.69, 9.17) is 34.2 Å². The van der Waals surface area contributed by atoms with Crippen LogP contribution in [0, 0.1) is 0 Å². The Balaban J connectivity index is 1.44. The summed E-state index contributed by atoms with van der Waals surface area (Å²) in [5, 5.41) is 54.5. The van der Waals surface area contributed by atoms with Crippen LogP contribution in [0.4, 0.5) is 0 Å². The van der Waals surface area contributed by atoms with Gasteiger partial charge in [-0.1, -0.05) is 31.2 Å². The maximum Gasteiger partial charge on any atom is 0.338 e. The van der Waals surface area contributed by atoms with Crippen LogP contribution in [-0.4, -0.2) is 108 Å². The highest BCUT2D eigenvalue weighted by molar-refractivity contribution is 5.91. The molecule has 0 bridgehead atoms. The minimum Gasteiger partial charge on any atom is -0.502 e. The molecule has 0 amide bonds. The average molecular weight is 700 g/mol. The maximum atomic E-state index is 13.1. The van der Waals surface area contributed by atoms with Crippen molar-refractivity contribution in [3.05, 3.63) is 76.9 Å². The average Bonchev–Trinajstić information content (AvgIpc) is 3.12. The number of aromatic carboxylic acids is 1. The van der Waals surface area contributed by atoms with Crippen LogP contribution >= 0.6 is 0 Å². The first-order valence-electron chi connectivity index (χ1n) is 15.6. The van der Waals surface area contributed by atoms with Gasteiger partial charge < -0.3 is 65.0 Å². The highest BCUT2D eigenvalue weighted by atomic mass is 16.7. The number of aliphatic imine (C=N–C) groups is 1. The first-order chi connectivity index (χ1) is 23.9. The van der Waals surface area contributed by atoms with Gasteiger partial charge in [-0.15, -0.1) is 0 Å². The molecular formula is C34H41N3O13. The molecule has 0 saturated carbocycles. The summed E-state index contributed by atoms with van der Waals surface area (Å²) in [6.07, 6.45) is -6.88. The third-order valence-electron chi connectivity index (χ3n) is 7.75. The number of rotatable bonds is 15. The van der Waals surface area contributed by atoms with E-state index < -0.39 is 49.3 Å². The number of hydrogen-bond acceptors (Lipinski definition) is 13. The van der Waals surface area contributed by atoms with E-state index in [0.717, 1.165) is 18.1 Å². The number of carbonyl (C=O) groups excluding carboxylic acids is 1. The first-order valence-corrected chi connectivity index (χ1v) is 15.6. The number of nitrogens with zero attached hydrogens (tertiary/aromatic N) is 1. The van der Waals surface area contributed by atoms with Crippen LogP contribution < -0.4 is 30.0 Å². The minimum atomic E-state index is -1.80. The Labute approximate surface area is 287 Å². The number of aryl methyl sites for hydroxylation is 1. The molecule has 0 aliphatic carbocycles. The van der Waals surface area contributed by atoms with Crippen LogP contribution in [0.5, 0.6) is 28.7 Å². The number of esters is 1. The molecule has 1 saturated heterocycles.